The Kier molecular flexibility index (Phi) is 8.46. The van der Waals surface area contributed by atoms with Crippen LogP contribution in [0.15, 0.2) is 42.5 Å². The number of halogens is 1. The first kappa shape index (κ1) is 27.4. The summed E-state index contributed by atoms with van der Waals surface area (Å²) in [4.78, 5) is 29.7. The van der Waals surface area contributed by atoms with E-state index in [1.165, 1.54) is 7.05 Å². The Bertz CT molecular complexity index is 1130. The SMILES string of the molecule is CNC(=O)CC1(O)C(=O)N(C2CCN(CCC(Oc3cc(C)ccc3Cl)C(C)C)CC2)c2ccccc21. The second kappa shape index (κ2) is 11.4. The summed E-state index contributed by atoms with van der Waals surface area (Å²) in [5.74, 6) is 0.302. The fourth-order valence-electron chi connectivity index (χ4n) is 5.41. The number of carbonyl (C=O) groups is 2. The number of amides is 2. The Morgan fingerprint density at radius 2 is 1.92 bits per heavy atom. The van der Waals surface area contributed by atoms with Crippen LogP contribution >= 0.6 is 11.6 Å². The van der Waals surface area contributed by atoms with Gasteiger partial charge in [0.2, 0.25) is 5.91 Å². The van der Waals surface area contributed by atoms with Crippen LogP contribution in [0.3, 0.4) is 0 Å². The highest BCUT2D eigenvalue weighted by Gasteiger charge is 2.52. The van der Waals surface area contributed by atoms with E-state index in [9.17, 15) is 14.7 Å². The molecule has 2 aliphatic heterocycles. The number of rotatable bonds is 9. The maximum absolute atomic E-state index is 13.5. The van der Waals surface area contributed by atoms with Gasteiger partial charge in [0.1, 0.15) is 11.9 Å². The van der Waals surface area contributed by atoms with E-state index in [1.54, 1.807) is 17.0 Å². The molecule has 2 heterocycles. The van der Waals surface area contributed by atoms with Crippen LogP contribution in [0.4, 0.5) is 5.69 Å². The Morgan fingerprint density at radius 1 is 1.22 bits per heavy atom. The molecule has 0 bridgehead atoms. The fourth-order valence-corrected chi connectivity index (χ4v) is 5.58. The number of hydrogen-bond donors (Lipinski definition) is 2. The minimum atomic E-state index is -1.83. The van der Waals surface area contributed by atoms with Crippen LogP contribution in [0, 0.1) is 12.8 Å². The number of nitrogens with zero attached hydrogens (tertiary/aromatic N) is 2. The molecule has 0 aromatic heterocycles. The lowest BCUT2D eigenvalue weighted by Gasteiger charge is -2.38. The van der Waals surface area contributed by atoms with Gasteiger partial charge in [0.15, 0.2) is 5.60 Å². The van der Waals surface area contributed by atoms with Gasteiger partial charge in [0, 0.05) is 38.3 Å². The summed E-state index contributed by atoms with van der Waals surface area (Å²) < 4.78 is 6.33. The number of aryl methyl sites for hydroxylation is 1. The first-order valence-corrected chi connectivity index (χ1v) is 13.5. The largest absolute Gasteiger partial charge is 0.489 e. The van der Waals surface area contributed by atoms with Gasteiger partial charge in [-0.25, -0.2) is 0 Å². The molecule has 2 unspecified atom stereocenters. The number of nitrogens with one attached hydrogen (secondary N) is 1. The highest BCUT2D eigenvalue weighted by Crippen LogP contribution is 2.44. The van der Waals surface area contributed by atoms with Crippen LogP contribution in [0.1, 0.15) is 50.7 Å². The second-order valence-electron chi connectivity index (χ2n) is 10.6. The number of aliphatic hydroxyl groups is 1. The maximum atomic E-state index is 13.5. The van der Waals surface area contributed by atoms with Crippen LogP contribution in [0.25, 0.3) is 0 Å². The van der Waals surface area contributed by atoms with Crippen LogP contribution in [0.5, 0.6) is 5.75 Å². The van der Waals surface area contributed by atoms with E-state index in [1.807, 2.05) is 37.3 Å². The lowest BCUT2D eigenvalue weighted by atomic mass is 9.91. The normalized spacial score (nSPS) is 21.3. The molecule has 2 atom stereocenters. The molecule has 0 saturated carbocycles. The number of ether oxygens (including phenoxy) is 1. The van der Waals surface area contributed by atoms with Crippen LogP contribution in [0.2, 0.25) is 5.02 Å². The van der Waals surface area contributed by atoms with E-state index >= 15 is 0 Å². The Balaban J connectivity index is 1.38. The molecule has 2 aromatic rings. The van der Waals surface area contributed by atoms with E-state index in [0.717, 1.165) is 50.2 Å². The number of para-hydroxylation sites is 1. The smallest absolute Gasteiger partial charge is 0.264 e. The van der Waals surface area contributed by atoms with Gasteiger partial charge in [-0.3, -0.25) is 9.59 Å². The molecule has 8 heteroatoms. The zero-order valence-electron chi connectivity index (χ0n) is 22.2. The van der Waals surface area contributed by atoms with Gasteiger partial charge in [0.05, 0.1) is 17.1 Å². The summed E-state index contributed by atoms with van der Waals surface area (Å²) in [5.41, 5.74) is 0.509. The summed E-state index contributed by atoms with van der Waals surface area (Å²) in [7, 11) is 1.51. The van der Waals surface area contributed by atoms with Gasteiger partial charge >= 0.3 is 0 Å². The molecule has 2 aliphatic rings. The molecule has 2 amide bonds. The molecule has 1 fully saturated rings. The minimum Gasteiger partial charge on any atom is -0.489 e. The lowest BCUT2D eigenvalue weighted by Crippen LogP contribution is -2.51. The quantitative estimate of drug-likeness (QED) is 0.509. The summed E-state index contributed by atoms with van der Waals surface area (Å²) in [6.45, 7) is 8.94. The molecule has 0 radical (unpaired) electrons. The predicted octanol–water partition coefficient (Wildman–Crippen LogP) is 4.28. The number of piperidine rings is 1. The number of likely N-dealkylation sites (tertiary alicyclic amines) is 1. The van der Waals surface area contributed by atoms with Crippen LogP contribution in [-0.4, -0.2) is 60.6 Å². The molecule has 2 aromatic carbocycles. The lowest BCUT2D eigenvalue weighted by molar-refractivity contribution is -0.142. The van der Waals surface area contributed by atoms with Crippen LogP contribution < -0.4 is 15.0 Å². The first-order chi connectivity index (χ1) is 17.6. The molecule has 200 valence electrons. The Labute approximate surface area is 224 Å². The van der Waals surface area contributed by atoms with Crippen molar-refractivity contribution in [2.24, 2.45) is 5.92 Å². The summed E-state index contributed by atoms with van der Waals surface area (Å²) in [6, 6.07) is 13.1. The molecule has 0 spiro atoms. The van der Waals surface area contributed by atoms with Crippen molar-refractivity contribution >= 4 is 29.1 Å². The van der Waals surface area contributed by atoms with Gasteiger partial charge in [-0.1, -0.05) is 49.7 Å². The van der Waals surface area contributed by atoms with Gasteiger partial charge in [-0.05, 0) is 55.9 Å². The number of carbonyl (C=O) groups excluding carboxylic acids is 2. The topological polar surface area (TPSA) is 82.1 Å². The average Bonchev–Trinajstić information content (AvgIpc) is 3.10. The molecular weight excluding hydrogens is 490 g/mol. The maximum Gasteiger partial charge on any atom is 0.264 e. The average molecular weight is 528 g/mol. The zero-order valence-corrected chi connectivity index (χ0v) is 22.9. The zero-order chi connectivity index (χ0) is 26.7. The van der Waals surface area contributed by atoms with Crippen molar-refractivity contribution in [2.75, 3.05) is 31.6 Å². The number of fused-ring (bicyclic) bond motifs is 1. The third kappa shape index (κ3) is 5.79. The van der Waals surface area contributed by atoms with Crippen molar-refractivity contribution in [1.82, 2.24) is 10.2 Å². The molecule has 7 nitrogen and oxygen atoms in total. The standard InChI is InChI=1S/C29H38ClN3O4/c1-19(2)25(37-26-17-20(3)9-10-23(26)30)13-16-32-14-11-21(12-15-32)33-24-8-6-5-7-22(24)29(36,28(33)35)18-27(34)31-4/h5-10,17,19,21,25,36H,11-16,18H2,1-4H3,(H,31,34). The number of hydrogen-bond acceptors (Lipinski definition) is 5. The Hall–Kier alpha value is -2.61. The van der Waals surface area contributed by atoms with Crippen molar-refractivity contribution in [3.05, 3.63) is 58.6 Å². The second-order valence-corrected chi connectivity index (χ2v) is 11.0. The van der Waals surface area contributed by atoms with Crippen molar-refractivity contribution in [3.63, 3.8) is 0 Å². The van der Waals surface area contributed by atoms with E-state index in [2.05, 4.69) is 24.1 Å². The van der Waals surface area contributed by atoms with Gasteiger partial charge in [0.25, 0.3) is 5.91 Å². The number of benzene rings is 2. The van der Waals surface area contributed by atoms with E-state index in [0.29, 0.717) is 22.2 Å². The van der Waals surface area contributed by atoms with Gasteiger partial charge in [-0.15, -0.1) is 0 Å². The van der Waals surface area contributed by atoms with E-state index in [4.69, 9.17) is 16.3 Å². The first-order valence-electron chi connectivity index (χ1n) is 13.2. The van der Waals surface area contributed by atoms with Crippen molar-refractivity contribution in [1.29, 1.82) is 0 Å². The highest BCUT2D eigenvalue weighted by molar-refractivity contribution is 6.32. The van der Waals surface area contributed by atoms with Crippen molar-refractivity contribution < 1.29 is 19.4 Å². The monoisotopic (exact) mass is 527 g/mol. The number of anilines is 1. The summed E-state index contributed by atoms with van der Waals surface area (Å²) >= 11 is 6.37. The molecule has 37 heavy (non-hydrogen) atoms. The fraction of sp³-hybridized carbons (Fsp3) is 0.517. The summed E-state index contributed by atoms with van der Waals surface area (Å²) in [6.07, 6.45) is 2.24. The van der Waals surface area contributed by atoms with Gasteiger partial charge in [-0.2, -0.15) is 0 Å². The van der Waals surface area contributed by atoms with Crippen molar-refractivity contribution in [3.8, 4) is 5.75 Å². The molecule has 1 saturated heterocycles. The highest BCUT2D eigenvalue weighted by atomic mass is 35.5. The van der Waals surface area contributed by atoms with Crippen molar-refractivity contribution in [2.45, 2.75) is 64.2 Å². The Morgan fingerprint density at radius 3 is 2.59 bits per heavy atom. The predicted molar refractivity (Wildman–Crippen MR) is 146 cm³/mol. The molecule has 2 N–H and O–H groups in total. The minimum absolute atomic E-state index is 0.0214. The molecule has 4 rings (SSSR count). The molecule has 0 aliphatic carbocycles. The third-order valence-corrected chi connectivity index (χ3v) is 7.95. The van der Waals surface area contributed by atoms with E-state index in [-0.39, 0.29) is 24.5 Å². The van der Waals surface area contributed by atoms with Gasteiger partial charge < -0.3 is 25.0 Å². The molecular formula is C29H38ClN3O4. The van der Waals surface area contributed by atoms with Crippen LogP contribution in [-0.2, 0) is 15.2 Å². The third-order valence-electron chi connectivity index (χ3n) is 7.64. The summed E-state index contributed by atoms with van der Waals surface area (Å²) in [5, 5.41) is 14.5. The van der Waals surface area contributed by atoms with E-state index < -0.39 is 11.5 Å².